The van der Waals surface area contributed by atoms with Crippen molar-refractivity contribution in [2.24, 2.45) is 5.73 Å². The number of piperidine rings is 1. The van der Waals surface area contributed by atoms with Gasteiger partial charge in [-0.3, -0.25) is 4.79 Å². The van der Waals surface area contributed by atoms with Gasteiger partial charge in [0.15, 0.2) is 0 Å². The number of halogens is 1. The Balaban J connectivity index is 0.00000338. The lowest BCUT2D eigenvalue weighted by Gasteiger charge is -2.26. The lowest BCUT2D eigenvalue weighted by Crippen LogP contribution is -2.51. The Kier molecular flexibility index (Phi) is 8.53. The molecule has 0 radical (unpaired) electrons. The topological polar surface area (TPSA) is 92.5 Å². The summed E-state index contributed by atoms with van der Waals surface area (Å²) in [6, 6.07) is 6.70. The normalized spacial score (nSPS) is 17.8. The molecule has 0 aliphatic carbocycles. The zero-order valence-electron chi connectivity index (χ0n) is 15.5. The molecule has 6 nitrogen and oxygen atoms in total. The first kappa shape index (κ1) is 22.9. The van der Waals surface area contributed by atoms with E-state index < -0.39 is 15.6 Å². The molecule has 1 aromatic rings. The number of hydrogen-bond acceptors (Lipinski definition) is 4. The minimum absolute atomic E-state index is 0. The highest BCUT2D eigenvalue weighted by molar-refractivity contribution is 7.89. The number of amides is 1. The van der Waals surface area contributed by atoms with Gasteiger partial charge in [-0.25, -0.2) is 8.42 Å². The van der Waals surface area contributed by atoms with Crippen LogP contribution in [0.15, 0.2) is 29.2 Å². The van der Waals surface area contributed by atoms with Gasteiger partial charge < -0.3 is 11.1 Å². The quantitative estimate of drug-likeness (QED) is 0.731. The molecule has 26 heavy (non-hydrogen) atoms. The second-order valence-electron chi connectivity index (χ2n) is 6.96. The van der Waals surface area contributed by atoms with Crippen molar-refractivity contribution >= 4 is 28.3 Å². The van der Waals surface area contributed by atoms with Gasteiger partial charge in [0.05, 0.1) is 10.4 Å². The average molecular weight is 404 g/mol. The number of carbonyl (C=O) groups excluding carboxylic acids is 1. The summed E-state index contributed by atoms with van der Waals surface area (Å²) in [4.78, 5) is 12.4. The van der Waals surface area contributed by atoms with Gasteiger partial charge in [-0.1, -0.05) is 31.9 Å². The first-order valence-electron chi connectivity index (χ1n) is 8.93. The number of rotatable bonds is 7. The van der Waals surface area contributed by atoms with Gasteiger partial charge in [-0.05, 0) is 43.9 Å². The number of hydrogen-bond donors (Lipinski definition) is 2. The molecule has 1 aliphatic rings. The van der Waals surface area contributed by atoms with Crippen LogP contribution in [0.2, 0.25) is 0 Å². The minimum atomic E-state index is -3.41. The van der Waals surface area contributed by atoms with Crippen LogP contribution in [0.4, 0.5) is 0 Å². The Hall–Kier alpha value is -1.15. The highest BCUT2D eigenvalue weighted by atomic mass is 35.5. The van der Waals surface area contributed by atoms with E-state index in [-0.39, 0.29) is 18.3 Å². The van der Waals surface area contributed by atoms with Gasteiger partial charge in [0.25, 0.3) is 0 Å². The molecule has 1 saturated heterocycles. The molecule has 0 aromatic heterocycles. The smallest absolute Gasteiger partial charge is 0.243 e. The summed E-state index contributed by atoms with van der Waals surface area (Å²) in [5, 5.41) is 2.82. The van der Waals surface area contributed by atoms with E-state index >= 15 is 0 Å². The second kappa shape index (κ2) is 9.69. The van der Waals surface area contributed by atoms with Crippen LogP contribution < -0.4 is 11.1 Å². The fraction of sp³-hybridized carbons (Fsp3) is 0.611. The van der Waals surface area contributed by atoms with Gasteiger partial charge in [0, 0.05) is 19.6 Å². The summed E-state index contributed by atoms with van der Waals surface area (Å²) < 4.78 is 26.8. The van der Waals surface area contributed by atoms with Gasteiger partial charge in [0.2, 0.25) is 15.9 Å². The van der Waals surface area contributed by atoms with Crippen LogP contribution in [0.25, 0.3) is 0 Å². The van der Waals surface area contributed by atoms with E-state index in [4.69, 9.17) is 5.73 Å². The SMILES string of the molecule is CCCC(C)(N)C(=O)NCc1ccc(S(=O)(=O)N2CCCCC2)cc1.Cl. The van der Waals surface area contributed by atoms with Crippen molar-refractivity contribution < 1.29 is 13.2 Å². The van der Waals surface area contributed by atoms with E-state index in [0.29, 0.717) is 31.0 Å². The molecule has 3 N–H and O–H groups in total. The van der Waals surface area contributed by atoms with Crippen molar-refractivity contribution in [3.8, 4) is 0 Å². The predicted octanol–water partition coefficient (Wildman–Crippen LogP) is 2.42. The van der Waals surface area contributed by atoms with Crippen molar-refractivity contribution in [3.05, 3.63) is 29.8 Å². The summed E-state index contributed by atoms with van der Waals surface area (Å²) in [5.74, 6) is -0.195. The van der Waals surface area contributed by atoms with Gasteiger partial charge in [0.1, 0.15) is 0 Å². The van der Waals surface area contributed by atoms with E-state index in [0.717, 1.165) is 31.2 Å². The predicted molar refractivity (Wildman–Crippen MR) is 106 cm³/mol. The molecule has 0 spiro atoms. The van der Waals surface area contributed by atoms with Crippen molar-refractivity contribution in [1.29, 1.82) is 0 Å². The summed E-state index contributed by atoms with van der Waals surface area (Å²) >= 11 is 0. The Morgan fingerprint density at radius 2 is 1.77 bits per heavy atom. The van der Waals surface area contributed by atoms with Crippen molar-refractivity contribution in [1.82, 2.24) is 9.62 Å². The van der Waals surface area contributed by atoms with Crippen molar-refractivity contribution in [2.75, 3.05) is 13.1 Å². The number of nitrogens with zero attached hydrogens (tertiary/aromatic N) is 1. The molecule has 1 atom stereocenters. The summed E-state index contributed by atoms with van der Waals surface area (Å²) in [6.45, 7) is 5.22. The lowest BCUT2D eigenvalue weighted by atomic mass is 9.96. The molecule has 0 saturated carbocycles. The summed E-state index contributed by atoms with van der Waals surface area (Å²) in [7, 11) is -3.41. The van der Waals surface area contributed by atoms with Gasteiger partial charge in [-0.15, -0.1) is 12.4 Å². The lowest BCUT2D eigenvalue weighted by molar-refractivity contribution is -0.126. The molecule has 148 valence electrons. The monoisotopic (exact) mass is 403 g/mol. The average Bonchev–Trinajstić information content (AvgIpc) is 2.60. The molecule has 1 aromatic carbocycles. The zero-order valence-corrected chi connectivity index (χ0v) is 17.2. The van der Waals surface area contributed by atoms with E-state index in [1.165, 1.54) is 0 Å². The zero-order chi connectivity index (χ0) is 18.5. The highest BCUT2D eigenvalue weighted by Crippen LogP contribution is 2.21. The first-order valence-corrected chi connectivity index (χ1v) is 10.4. The third kappa shape index (κ3) is 5.67. The molecule has 1 fully saturated rings. The molecule has 1 unspecified atom stereocenters. The Labute approximate surface area is 163 Å². The van der Waals surface area contributed by atoms with E-state index in [1.807, 2.05) is 6.92 Å². The van der Waals surface area contributed by atoms with Gasteiger partial charge >= 0.3 is 0 Å². The maximum Gasteiger partial charge on any atom is 0.243 e. The van der Waals surface area contributed by atoms with E-state index in [9.17, 15) is 13.2 Å². The van der Waals surface area contributed by atoms with Crippen molar-refractivity contribution in [3.63, 3.8) is 0 Å². The molecule has 1 amide bonds. The maximum atomic E-state index is 12.6. The second-order valence-corrected chi connectivity index (χ2v) is 8.90. The van der Waals surface area contributed by atoms with Crippen LogP contribution in [0, 0.1) is 0 Å². The van der Waals surface area contributed by atoms with E-state index in [1.54, 1.807) is 35.5 Å². The molecular formula is C18H30ClN3O3S. The third-order valence-electron chi connectivity index (χ3n) is 4.62. The van der Waals surface area contributed by atoms with Crippen LogP contribution in [-0.2, 0) is 21.4 Å². The summed E-state index contributed by atoms with van der Waals surface area (Å²) in [6.07, 6.45) is 4.37. The van der Waals surface area contributed by atoms with Gasteiger partial charge in [-0.2, -0.15) is 4.31 Å². The molecule has 8 heteroatoms. The molecule has 1 aliphatic heterocycles. The number of sulfonamides is 1. The largest absolute Gasteiger partial charge is 0.350 e. The molecular weight excluding hydrogens is 374 g/mol. The minimum Gasteiger partial charge on any atom is -0.350 e. The van der Waals surface area contributed by atoms with E-state index in [2.05, 4.69) is 5.32 Å². The Morgan fingerprint density at radius 3 is 2.31 bits per heavy atom. The Morgan fingerprint density at radius 1 is 1.19 bits per heavy atom. The number of benzene rings is 1. The van der Waals surface area contributed by atoms with Crippen LogP contribution in [-0.4, -0.2) is 37.3 Å². The van der Waals surface area contributed by atoms with Crippen molar-refractivity contribution in [2.45, 2.75) is 62.9 Å². The van der Waals surface area contributed by atoms with Crippen LogP contribution in [0.1, 0.15) is 51.5 Å². The highest BCUT2D eigenvalue weighted by Gasteiger charge is 2.27. The molecule has 2 rings (SSSR count). The summed E-state index contributed by atoms with van der Waals surface area (Å²) in [5.41, 5.74) is 5.96. The van der Waals surface area contributed by atoms with Crippen LogP contribution in [0.3, 0.4) is 0 Å². The number of nitrogens with one attached hydrogen (secondary N) is 1. The fourth-order valence-electron chi connectivity index (χ4n) is 3.05. The molecule has 0 bridgehead atoms. The Bertz CT molecular complexity index is 684. The third-order valence-corrected chi connectivity index (χ3v) is 6.53. The maximum absolute atomic E-state index is 12.6. The number of carbonyl (C=O) groups is 1. The first-order chi connectivity index (χ1) is 11.8. The molecule has 1 heterocycles. The standard InChI is InChI=1S/C18H29N3O3S.ClH/c1-3-11-18(2,19)17(22)20-14-15-7-9-16(10-8-15)25(23,24)21-12-5-4-6-13-21;/h7-10H,3-6,11-14,19H2,1-2H3,(H,20,22);1H. The van der Waals surface area contributed by atoms with Crippen LogP contribution in [0.5, 0.6) is 0 Å². The number of nitrogens with two attached hydrogens (primary N) is 1. The van der Waals surface area contributed by atoms with Crippen LogP contribution >= 0.6 is 12.4 Å². The fourth-order valence-corrected chi connectivity index (χ4v) is 4.57.